The van der Waals surface area contributed by atoms with Crippen LogP contribution in [0.15, 0.2) is 27.8 Å². The van der Waals surface area contributed by atoms with Gasteiger partial charge in [0.25, 0.3) is 0 Å². The van der Waals surface area contributed by atoms with Gasteiger partial charge in [-0.3, -0.25) is 4.90 Å². The van der Waals surface area contributed by atoms with Gasteiger partial charge in [0.1, 0.15) is 18.5 Å². The summed E-state index contributed by atoms with van der Waals surface area (Å²) < 4.78 is 5.63. The minimum Gasteiger partial charge on any atom is -0.335 e. The number of nitrogens with two attached hydrogens (primary N) is 2. The number of carbonyl (C=O) groups is 1. The van der Waals surface area contributed by atoms with E-state index in [1.165, 1.54) is 4.90 Å². The van der Waals surface area contributed by atoms with Crippen molar-refractivity contribution in [1.29, 1.82) is 0 Å². The van der Waals surface area contributed by atoms with Crippen molar-refractivity contribution in [3.05, 3.63) is 17.2 Å². The van der Waals surface area contributed by atoms with Crippen molar-refractivity contribution in [3.8, 4) is 0 Å². The van der Waals surface area contributed by atoms with Gasteiger partial charge in [-0.25, -0.2) is 4.79 Å². The number of hydrogen-bond donors (Lipinski definition) is 3. The maximum atomic E-state index is 12.0. The first-order valence-electron chi connectivity index (χ1n) is 6.12. The average molecular weight is 283 g/mol. The maximum absolute atomic E-state index is 12.0. The Morgan fingerprint density at radius 3 is 3.00 bits per heavy atom. The minimum atomic E-state index is -1.13. The average Bonchev–Trinajstić information content (AvgIpc) is 2.66. The molecule has 0 bridgehead atoms. The summed E-state index contributed by atoms with van der Waals surface area (Å²) in [6.45, 7) is 1.73. The van der Waals surface area contributed by atoms with Gasteiger partial charge in [0, 0.05) is 12.1 Å². The topological polar surface area (TPSA) is 148 Å². The van der Waals surface area contributed by atoms with E-state index in [1.54, 1.807) is 12.3 Å². The molecule has 20 heavy (non-hydrogen) atoms. The van der Waals surface area contributed by atoms with E-state index in [0.29, 0.717) is 6.42 Å². The second-order valence-corrected chi connectivity index (χ2v) is 4.92. The third-order valence-electron chi connectivity index (χ3n) is 3.24. The molecule has 0 aliphatic carbocycles. The Balaban J connectivity index is 2.10. The number of rotatable bonds is 4. The number of carbonyl (C=O) groups excluding carboxylic acids is 1. The van der Waals surface area contributed by atoms with E-state index < -0.39 is 24.1 Å². The Hall–Kier alpha value is -2.07. The fourth-order valence-corrected chi connectivity index (χ4v) is 2.42. The molecule has 2 aliphatic rings. The normalized spacial score (nSPS) is 37.4. The molecule has 10 nitrogen and oxygen atoms in total. The fraction of sp³-hybridized carbons (Fsp3) is 0.700. The van der Waals surface area contributed by atoms with Gasteiger partial charge in [0.15, 0.2) is 6.17 Å². The number of ether oxygens (including phenoxy) is 1. The molecule has 2 amide bonds. The van der Waals surface area contributed by atoms with E-state index in [0.717, 1.165) is 0 Å². The summed E-state index contributed by atoms with van der Waals surface area (Å²) >= 11 is 0. The second-order valence-electron chi connectivity index (χ2n) is 4.92. The fourth-order valence-electron chi connectivity index (χ4n) is 2.42. The van der Waals surface area contributed by atoms with Crippen LogP contribution in [0, 0.1) is 10.8 Å². The van der Waals surface area contributed by atoms with E-state index in [1.807, 2.05) is 6.92 Å². The van der Waals surface area contributed by atoms with Gasteiger partial charge in [-0.2, -0.15) is 4.91 Å². The summed E-state index contributed by atoms with van der Waals surface area (Å²) in [5.41, 5.74) is 4.80. The van der Waals surface area contributed by atoms with E-state index >= 15 is 0 Å². The van der Waals surface area contributed by atoms with Crippen LogP contribution in [0.1, 0.15) is 13.3 Å². The van der Waals surface area contributed by atoms with Gasteiger partial charge >= 0.3 is 6.03 Å². The third kappa shape index (κ3) is 2.75. The lowest BCUT2D eigenvalue weighted by molar-refractivity contribution is -0.0800. The number of urea groups is 1. The molecule has 1 saturated heterocycles. The number of hydrogen-bond acceptors (Lipinski definition) is 7. The van der Waals surface area contributed by atoms with Gasteiger partial charge in [0.2, 0.25) is 0 Å². The molecule has 0 radical (unpaired) electrons. The van der Waals surface area contributed by atoms with Crippen LogP contribution >= 0.6 is 0 Å². The Morgan fingerprint density at radius 1 is 1.65 bits per heavy atom. The molecule has 0 aromatic heterocycles. The Morgan fingerprint density at radius 2 is 2.40 bits per heavy atom. The highest BCUT2D eigenvalue weighted by Crippen LogP contribution is 2.34. The summed E-state index contributed by atoms with van der Waals surface area (Å²) in [7, 11) is 0. The molecule has 110 valence electrons. The van der Waals surface area contributed by atoms with Crippen LogP contribution in [0.25, 0.3) is 0 Å². The number of nitrogens with zero attached hydrogens (tertiary/aromatic N) is 4. The molecule has 1 fully saturated rings. The summed E-state index contributed by atoms with van der Waals surface area (Å²) in [5, 5.41) is 12.1. The molecule has 1 unspecified atom stereocenters. The first-order valence-corrected chi connectivity index (χ1v) is 6.12. The van der Waals surface area contributed by atoms with E-state index in [9.17, 15) is 9.70 Å². The molecule has 10 heteroatoms. The summed E-state index contributed by atoms with van der Waals surface area (Å²) in [6, 6.07) is -0.398. The molecule has 0 saturated carbocycles. The highest BCUT2D eigenvalue weighted by atomic mass is 16.5. The molecule has 0 aromatic carbocycles. The Labute approximate surface area is 115 Å². The van der Waals surface area contributed by atoms with Crippen LogP contribution in [-0.4, -0.2) is 35.6 Å². The largest absolute Gasteiger partial charge is 0.335 e. The zero-order chi connectivity index (χ0) is 14.8. The SMILES string of the molecule is C[C@H]1C[C@@](N)(CN=O)O[C@H]1N1C=CC(N=NN)NC1=O. The Kier molecular flexibility index (Phi) is 3.95. The third-order valence-corrected chi connectivity index (χ3v) is 3.24. The lowest BCUT2D eigenvalue weighted by Crippen LogP contribution is -2.52. The molecule has 5 N–H and O–H groups in total. The van der Waals surface area contributed by atoms with Crippen molar-refractivity contribution in [3.63, 3.8) is 0 Å². The number of amides is 2. The molecule has 4 atom stereocenters. The molecular formula is C10H17N7O3. The van der Waals surface area contributed by atoms with Crippen molar-refractivity contribution in [2.45, 2.75) is 31.5 Å². The number of nitroso groups, excluding NO2 is 1. The van der Waals surface area contributed by atoms with Gasteiger partial charge in [-0.05, 0) is 12.5 Å². The maximum Gasteiger partial charge on any atom is 0.325 e. The van der Waals surface area contributed by atoms with Crippen LogP contribution in [0.4, 0.5) is 4.79 Å². The molecule has 0 aromatic rings. The van der Waals surface area contributed by atoms with Crippen molar-refractivity contribution in [1.82, 2.24) is 10.2 Å². The van der Waals surface area contributed by atoms with Crippen molar-refractivity contribution in [2.24, 2.45) is 33.0 Å². The van der Waals surface area contributed by atoms with Gasteiger partial charge in [-0.15, -0.1) is 5.11 Å². The molecule has 2 aliphatic heterocycles. The lowest BCUT2D eigenvalue weighted by Gasteiger charge is -2.32. The van der Waals surface area contributed by atoms with Crippen molar-refractivity contribution < 1.29 is 9.53 Å². The summed E-state index contributed by atoms with van der Waals surface area (Å²) in [4.78, 5) is 23.7. The van der Waals surface area contributed by atoms with Crippen molar-refractivity contribution >= 4 is 6.03 Å². The molecule has 2 heterocycles. The summed E-state index contributed by atoms with van der Waals surface area (Å²) in [5.74, 6) is 4.89. The van der Waals surface area contributed by atoms with Crippen LogP contribution in [-0.2, 0) is 4.74 Å². The van der Waals surface area contributed by atoms with Gasteiger partial charge in [-0.1, -0.05) is 17.3 Å². The minimum absolute atomic E-state index is 0.0372. The van der Waals surface area contributed by atoms with Crippen LogP contribution < -0.4 is 16.9 Å². The predicted octanol–water partition coefficient (Wildman–Crippen LogP) is -0.0188. The van der Waals surface area contributed by atoms with Crippen LogP contribution in [0.5, 0.6) is 0 Å². The van der Waals surface area contributed by atoms with E-state index in [2.05, 4.69) is 20.8 Å². The first kappa shape index (κ1) is 14.3. The predicted molar refractivity (Wildman–Crippen MR) is 68.6 cm³/mol. The van der Waals surface area contributed by atoms with Crippen LogP contribution in [0.3, 0.4) is 0 Å². The zero-order valence-corrected chi connectivity index (χ0v) is 11.0. The van der Waals surface area contributed by atoms with E-state index in [-0.39, 0.29) is 12.5 Å². The zero-order valence-electron chi connectivity index (χ0n) is 11.0. The van der Waals surface area contributed by atoms with Crippen LogP contribution in [0.2, 0.25) is 0 Å². The first-order chi connectivity index (χ1) is 9.49. The number of nitrogens with one attached hydrogen (secondary N) is 1. The van der Waals surface area contributed by atoms with Crippen molar-refractivity contribution in [2.75, 3.05) is 6.54 Å². The summed E-state index contributed by atoms with van der Waals surface area (Å²) in [6.07, 6.45) is 2.43. The monoisotopic (exact) mass is 283 g/mol. The highest BCUT2D eigenvalue weighted by Gasteiger charge is 2.46. The molecule has 2 rings (SSSR count). The highest BCUT2D eigenvalue weighted by molar-refractivity contribution is 5.77. The standard InChI is InChI=1S/C10H17N7O3/c1-6-4-10(11,5-13-19)20-8(6)17-3-2-7(15-16-12)14-9(17)18/h2-3,6-8H,4-5,11H2,1H3,(H2,12,15)(H,14,18)/t6-,7?,8+,10-/m0/s1. The smallest absolute Gasteiger partial charge is 0.325 e. The quantitative estimate of drug-likeness (QED) is 0.287. The second kappa shape index (κ2) is 5.51. The lowest BCUT2D eigenvalue weighted by atomic mass is 10.0. The van der Waals surface area contributed by atoms with Gasteiger partial charge < -0.3 is 21.6 Å². The molecule has 0 spiro atoms. The molecular weight excluding hydrogens is 266 g/mol. The van der Waals surface area contributed by atoms with E-state index in [4.69, 9.17) is 16.3 Å². The Bertz CT molecular complexity index is 454. The van der Waals surface area contributed by atoms with Gasteiger partial charge in [0.05, 0.1) is 0 Å².